The number of sulfonamides is 1. The summed E-state index contributed by atoms with van der Waals surface area (Å²) in [6.07, 6.45) is 1.11. The first-order valence-electron chi connectivity index (χ1n) is 9.27. The Kier molecular flexibility index (Phi) is 5.15. The van der Waals surface area contributed by atoms with Crippen molar-refractivity contribution in [3.63, 3.8) is 0 Å². The van der Waals surface area contributed by atoms with Gasteiger partial charge in [0.05, 0.1) is 4.90 Å². The number of carbonyl (C=O) groups is 1. The maximum atomic E-state index is 13.2. The SMILES string of the molecule is O=C(OCc1ccccc1)C1CCCN1S(=O)(=O)c1ccc2ccccc2c1. The monoisotopic (exact) mass is 395 g/mol. The summed E-state index contributed by atoms with van der Waals surface area (Å²) < 4.78 is 33.1. The van der Waals surface area contributed by atoms with E-state index < -0.39 is 22.0 Å². The van der Waals surface area contributed by atoms with E-state index >= 15 is 0 Å². The van der Waals surface area contributed by atoms with Crippen molar-refractivity contribution in [2.75, 3.05) is 6.54 Å². The van der Waals surface area contributed by atoms with Crippen molar-refractivity contribution < 1.29 is 17.9 Å². The van der Waals surface area contributed by atoms with Crippen LogP contribution in [0.2, 0.25) is 0 Å². The summed E-state index contributed by atoms with van der Waals surface area (Å²) in [5, 5.41) is 1.83. The van der Waals surface area contributed by atoms with Crippen LogP contribution in [0.15, 0.2) is 77.7 Å². The molecule has 3 aromatic carbocycles. The van der Waals surface area contributed by atoms with E-state index in [-0.39, 0.29) is 11.5 Å². The third kappa shape index (κ3) is 3.66. The van der Waals surface area contributed by atoms with Gasteiger partial charge >= 0.3 is 5.97 Å². The van der Waals surface area contributed by atoms with Crippen LogP contribution in [0.25, 0.3) is 10.8 Å². The number of hydrogen-bond acceptors (Lipinski definition) is 4. The topological polar surface area (TPSA) is 63.7 Å². The third-order valence-corrected chi connectivity index (χ3v) is 6.93. The largest absolute Gasteiger partial charge is 0.460 e. The molecule has 28 heavy (non-hydrogen) atoms. The second kappa shape index (κ2) is 7.73. The van der Waals surface area contributed by atoms with Crippen LogP contribution in [-0.4, -0.2) is 31.3 Å². The van der Waals surface area contributed by atoms with Gasteiger partial charge in [-0.3, -0.25) is 4.79 Å². The number of esters is 1. The standard InChI is InChI=1S/C22H21NO4S/c24-22(27-16-17-7-2-1-3-8-17)21-11-6-14-23(21)28(25,26)20-13-12-18-9-4-5-10-19(18)15-20/h1-5,7-10,12-13,15,21H,6,11,14,16H2. The van der Waals surface area contributed by atoms with Gasteiger partial charge in [-0.15, -0.1) is 0 Å². The fourth-order valence-corrected chi connectivity index (χ4v) is 5.23. The smallest absolute Gasteiger partial charge is 0.324 e. The highest BCUT2D eigenvalue weighted by molar-refractivity contribution is 7.89. The Morgan fingerprint density at radius 2 is 1.68 bits per heavy atom. The van der Waals surface area contributed by atoms with E-state index in [2.05, 4.69) is 0 Å². The van der Waals surface area contributed by atoms with E-state index in [1.54, 1.807) is 18.2 Å². The molecule has 1 aliphatic heterocycles. The lowest BCUT2D eigenvalue weighted by molar-refractivity contribution is -0.148. The van der Waals surface area contributed by atoms with Gasteiger partial charge in [-0.25, -0.2) is 8.42 Å². The Hall–Kier alpha value is -2.70. The lowest BCUT2D eigenvalue weighted by Crippen LogP contribution is -2.41. The molecule has 0 radical (unpaired) electrons. The lowest BCUT2D eigenvalue weighted by Gasteiger charge is -2.23. The Balaban J connectivity index is 1.54. The normalized spacial score (nSPS) is 17.6. The number of rotatable bonds is 5. The second-order valence-electron chi connectivity index (χ2n) is 6.88. The quantitative estimate of drug-likeness (QED) is 0.618. The molecule has 1 atom stereocenters. The van der Waals surface area contributed by atoms with Crippen LogP contribution in [0.4, 0.5) is 0 Å². The summed E-state index contributed by atoms with van der Waals surface area (Å²) in [5.41, 5.74) is 0.873. The number of ether oxygens (including phenoxy) is 1. The van der Waals surface area contributed by atoms with Crippen LogP contribution >= 0.6 is 0 Å². The van der Waals surface area contributed by atoms with E-state index in [9.17, 15) is 13.2 Å². The van der Waals surface area contributed by atoms with E-state index in [1.807, 2.05) is 54.6 Å². The minimum absolute atomic E-state index is 0.139. The molecule has 1 heterocycles. The zero-order valence-electron chi connectivity index (χ0n) is 15.3. The Labute approximate surface area is 164 Å². The Bertz CT molecular complexity index is 1100. The van der Waals surface area contributed by atoms with Crippen molar-refractivity contribution in [3.8, 4) is 0 Å². The van der Waals surface area contributed by atoms with Crippen molar-refractivity contribution in [3.05, 3.63) is 78.4 Å². The highest BCUT2D eigenvalue weighted by atomic mass is 32.2. The first-order chi connectivity index (χ1) is 13.6. The molecule has 6 heteroatoms. The van der Waals surface area contributed by atoms with Gasteiger partial charge in [0.15, 0.2) is 0 Å². The van der Waals surface area contributed by atoms with Gasteiger partial charge in [-0.2, -0.15) is 4.31 Å². The number of fused-ring (bicyclic) bond motifs is 1. The molecule has 4 rings (SSSR count). The molecule has 1 aliphatic rings. The zero-order valence-corrected chi connectivity index (χ0v) is 16.1. The molecule has 144 valence electrons. The average Bonchev–Trinajstić information content (AvgIpc) is 3.23. The number of nitrogens with zero attached hydrogens (tertiary/aromatic N) is 1. The number of benzene rings is 3. The summed E-state index contributed by atoms with van der Waals surface area (Å²) in [7, 11) is -3.77. The van der Waals surface area contributed by atoms with Gasteiger partial charge in [-0.05, 0) is 41.3 Å². The maximum absolute atomic E-state index is 13.2. The Morgan fingerprint density at radius 1 is 0.964 bits per heavy atom. The van der Waals surface area contributed by atoms with Crippen LogP contribution < -0.4 is 0 Å². The predicted octanol–water partition coefficient (Wildman–Crippen LogP) is 3.74. The zero-order chi connectivity index (χ0) is 19.6. The van der Waals surface area contributed by atoms with E-state index in [1.165, 1.54) is 4.31 Å². The predicted molar refractivity (Wildman–Crippen MR) is 107 cm³/mol. The fourth-order valence-electron chi connectivity index (χ4n) is 3.55. The van der Waals surface area contributed by atoms with Crippen LogP contribution in [0.1, 0.15) is 18.4 Å². The summed E-state index contributed by atoms with van der Waals surface area (Å²) in [6.45, 7) is 0.459. The average molecular weight is 395 g/mol. The maximum Gasteiger partial charge on any atom is 0.324 e. The molecule has 1 saturated heterocycles. The van der Waals surface area contributed by atoms with Crippen LogP contribution in [-0.2, 0) is 26.2 Å². The highest BCUT2D eigenvalue weighted by Gasteiger charge is 2.40. The first-order valence-corrected chi connectivity index (χ1v) is 10.7. The van der Waals surface area contributed by atoms with E-state index in [4.69, 9.17) is 4.74 Å². The number of carbonyl (C=O) groups excluding carboxylic acids is 1. The molecule has 0 amide bonds. The van der Waals surface area contributed by atoms with Gasteiger partial charge < -0.3 is 4.74 Å². The van der Waals surface area contributed by atoms with Crippen LogP contribution in [0, 0.1) is 0 Å². The van der Waals surface area contributed by atoms with Crippen LogP contribution in [0.5, 0.6) is 0 Å². The van der Waals surface area contributed by atoms with Crippen LogP contribution in [0.3, 0.4) is 0 Å². The summed E-state index contributed by atoms with van der Waals surface area (Å²) in [6, 6.07) is 21.2. The van der Waals surface area contributed by atoms with Crippen molar-refractivity contribution in [1.82, 2.24) is 4.31 Å². The van der Waals surface area contributed by atoms with Crippen molar-refractivity contribution in [1.29, 1.82) is 0 Å². The molecule has 1 fully saturated rings. The molecule has 0 N–H and O–H groups in total. The highest BCUT2D eigenvalue weighted by Crippen LogP contribution is 2.29. The molecule has 0 spiro atoms. The van der Waals surface area contributed by atoms with Crippen molar-refractivity contribution in [2.45, 2.75) is 30.4 Å². The van der Waals surface area contributed by atoms with Crippen molar-refractivity contribution in [2.24, 2.45) is 0 Å². The van der Waals surface area contributed by atoms with Crippen molar-refractivity contribution >= 4 is 26.8 Å². The molecule has 0 saturated carbocycles. The number of hydrogen-bond donors (Lipinski definition) is 0. The molecular formula is C22H21NO4S. The molecule has 5 nitrogen and oxygen atoms in total. The van der Waals surface area contributed by atoms with E-state index in [0.29, 0.717) is 19.4 Å². The fraction of sp³-hybridized carbons (Fsp3) is 0.227. The summed E-state index contributed by atoms with van der Waals surface area (Å²) >= 11 is 0. The summed E-state index contributed by atoms with van der Waals surface area (Å²) in [5.74, 6) is -0.495. The van der Waals surface area contributed by atoms with Gasteiger partial charge in [0.1, 0.15) is 12.6 Å². The third-order valence-electron chi connectivity index (χ3n) is 5.03. The van der Waals surface area contributed by atoms with E-state index in [0.717, 1.165) is 16.3 Å². The van der Waals surface area contributed by atoms with Gasteiger partial charge in [0.25, 0.3) is 0 Å². The molecular weight excluding hydrogens is 374 g/mol. The molecule has 3 aromatic rings. The minimum Gasteiger partial charge on any atom is -0.460 e. The molecule has 1 unspecified atom stereocenters. The first kappa shape index (κ1) is 18.7. The second-order valence-corrected chi connectivity index (χ2v) is 8.77. The summed E-state index contributed by atoms with van der Waals surface area (Å²) in [4.78, 5) is 12.8. The molecule has 0 aliphatic carbocycles. The molecule has 0 aromatic heterocycles. The van der Waals surface area contributed by atoms with Gasteiger partial charge in [-0.1, -0.05) is 60.7 Å². The molecule has 0 bridgehead atoms. The lowest BCUT2D eigenvalue weighted by atomic mass is 10.1. The Morgan fingerprint density at radius 3 is 2.46 bits per heavy atom. The van der Waals surface area contributed by atoms with Gasteiger partial charge in [0.2, 0.25) is 10.0 Å². The van der Waals surface area contributed by atoms with Gasteiger partial charge in [0, 0.05) is 6.54 Å². The minimum atomic E-state index is -3.77.